The molecule has 0 aliphatic rings. The van der Waals surface area contributed by atoms with Crippen molar-refractivity contribution in [3.8, 4) is 5.75 Å². The van der Waals surface area contributed by atoms with Gasteiger partial charge in [0.15, 0.2) is 0 Å². The summed E-state index contributed by atoms with van der Waals surface area (Å²) in [5, 5.41) is 0. The predicted molar refractivity (Wildman–Crippen MR) is 64.5 cm³/mol. The van der Waals surface area contributed by atoms with E-state index in [4.69, 9.17) is 4.74 Å². The molecule has 0 aromatic heterocycles. The first-order valence-corrected chi connectivity index (χ1v) is 5.59. The highest BCUT2D eigenvalue weighted by Crippen LogP contribution is 2.18. The molecule has 84 valence electrons. The van der Waals surface area contributed by atoms with Crippen molar-refractivity contribution in [1.29, 1.82) is 0 Å². The summed E-state index contributed by atoms with van der Waals surface area (Å²) in [6.07, 6.45) is 2.11. The number of rotatable bonds is 6. The Morgan fingerprint density at radius 3 is 2.60 bits per heavy atom. The van der Waals surface area contributed by atoms with E-state index in [1.807, 2.05) is 6.07 Å². The molecule has 1 aromatic rings. The lowest BCUT2D eigenvalue weighted by atomic mass is 10.1. The standard InChI is InChI=1S/C13H21NO/c1-4-12-8-5-6-9-13(12)15-11-7-10-14(2)3/h5-6,8-9H,4,7,10-11H2,1-3H3. The first kappa shape index (κ1) is 12.1. The number of hydrogen-bond acceptors (Lipinski definition) is 2. The third-order valence-corrected chi connectivity index (χ3v) is 2.36. The molecule has 0 N–H and O–H groups in total. The van der Waals surface area contributed by atoms with Crippen molar-refractivity contribution in [2.24, 2.45) is 0 Å². The van der Waals surface area contributed by atoms with E-state index in [-0.39, 0.29) is 0 Å². The minimum Gasteiger partial charge on any atom is -0.493 e. The number of hydrogen-bond donors (Lipinski definition) is 0. The molecule has 0 saturated carbocycles. The zero-order chi connectivity index (χ0) is 11.1. The topological polar surface area (TPSA) is 12.5 Å². The van der Waals surface area contributed by atoms with Crippen LogP contribution in [0.4, 0.5) is 0 Å². The second-order valence-electron chi connectivity index (χ2n) is 3.97. The van der Waals surface area contributed by atoms with E-state index in [0.717, 1.165) is 31.7 Å². The molecule has 0 saturated heterocycles. The van der Waals surface area contributed by atoms with Crippen LogP contribution in [-0.2, 0) is 6.42 Å². The van der Waals surface area contributed by atoms with Crippen LogP contribution in [0.1, 0.15) is 18.9 Å². The van der Waals surface area contributed by atoms with Crippen LogP contribution < -0.4 is 4.74 Å². The Morgan fingerprint density at radius 1 is 1.20 bits per heavy atom. The second kappa shape index (κ2) is 6.46. The van der Waals surface area contributed by atoms with Gasteiger partial charge in [-0.1, -0.05) is 25.1 Å². The number of ether oxygens (including phenoxy) is 1. The van der Waals surface area contributed by atoms with Gasteiger partial charge < -0.3 is 9.64 Å². The molecule has 0 aliphatic carbocycles. The average Bonchev–Trinajstić information content (AvgIpc) is 2.24. The van der Waals surface area contributed by atoms with Gasteiger partial charge >= 0.3 is 0 Å². The Labute approximate surface area is 92.9 Å². The van der Waals surface area contributed by atoms with Crippen molar-refractivity contribution >= 4 is 0 Å². The van der Waals surface area contributed by atoms with Crippen molar-refractivity contribution in [2.45, 2.75) is 19.8 Å². The molecule has 2 nitrogen and oxygen atoms in total. The summed E-state index contributed by atoms with van der Waals surface area (Å²) in [4.78, 5) is 2.18. The molecule has 0 unspecified atom stereocenters. The fourth-order valence-corrected chi connectivity index (χ4v) is 1.50. The summed E-state index contributed by atoms with van der Waals surface area (Å²) in [7, 11) is 4.17. The van der Waals surface area contributed by atoms with Crippen LogP contribution in [0.25, 0.3) is 0 Å². The van der Waals surface area contributed by atoms with E-state index in [1.54, 1.807) is 0 Å². The molecule has 0 amide bonds. The Balaban J connectivity index is 2.36. The molecule has 15 heavy (non-hydrogen) atoms. The lowest BCUT2D eigenvalue weighted by Gasteiger charge is -2.12. The lowest BCUT2D eigenvalue weighted by molar-refractivity contribution is 0.279. The highest BCUT2D eigenvalue weighted by atomic mass is 16.5. The Bertz CT molecular complexity index is 284. The van der Waals surface area contributed by atoms with Crippen LogP contribution in [0.5, 0.6) is 5.75 Å². The summed E-state index contributed by atoms with van der Waals surface area (Å²) >= 11 is 0. The largest absolute Gasteiger partial charge is 0.493 e. The third kappa shape index (κ3) is 4.34. The molecule has 0 heterocycles. The van der Waals surface area contributed by atoms with Crippen molar-refractivity contribution in [3.63, 3.8) is 0 Å². The first-order chi connectivity index (χ1) is 7.24. The maximum absolute atomic E-state index is 5.75. The van der Waals surface area contributed by atoms with Crippen LogP contribution in [-0.4, -0.2) is 32.1 Å². The molecule has 0 radical (unpaired) electrons. The number of benzene rings is 1. The number of para-hydroxylation sites is 1. The maximum atomic E-state index is 5.75. The van der Waals surface area contributed by atoms with E-state index >= 15 is 0 Å². The molecular formula is C13H21NO. The quantitative estimate of drug-likeness (QED) is 0.665. The lowest BCUT2D eigenvalue weighted by Crippen LogP contribution is -2.15. The monoisotopic (exact) mass is 207 g/mol. The van der Waals surface area contributed by atoms with Gasteiger partial charge in [0.2, 0.25) is 0 Å². The SMILES string of the molecule is CCc1ccccc1OCCCN(C)C. The van der Waals surface area contributed by atoms with Crippen LogP contribution in [0.15, 0.2) is 24.3 Å². The van der Waals surface area contributed by atoms with Gasteiger partial charge in [0.05, 0.1) is 6.61 Å². The van der Waals surface area contributed by atoms with Crippen LogP contribution in [0, 0.1) is 0 Å². The van der Waals surface area contributed by atoms with Gasteiger partial charge in [-0.05, 0) is 38.6 Å². The van der Waals surface area contributed by atoms with Gasteiger partial charge in [-0.2, -0.15) is 0 Å². The van der Waals surface area contributed by atoms with E-state index < -0.39 is 0 Å². The Morgan fingerprint density at radius 2 is 1.93 bits per heavy atom. The molecule has 2 heteroatoms. The van der Waals surface area contributed by atoms with Gasteiger partial charge in [-0.15, -0.1) is 0 Å². The maximum Gasteiger partial charge on any atom is 0.122 e. The summed E-state index contributed by atoms with van der Waals surface area (Å²) in [5.74, 6) is 1.04. The predicted octanol–water partition coefficient (Wildman–Crippen LogP) is 2.58. The minimum absolute atomic E-state index is 0.801. The van der Waals surface area contributed by atoms with Gasteiger partial charge in [0.1, 0.15) is 5.75 Å². The van der Waals surface area contributed by atoms with E-state index in [1.165, 1.54) is 5.56 Å². The van der Waals surface area contributed by atoms with Gasteiger partial charge in [-0.25, -0.2) is 0 Å². The van der Waals surface area contributed by atoms with Crippen LogP contribution in [0.2, 0.25) is 0 Å². The Kier molecular flexibility index (Phi) is 5.19. The van der Waals surface area contributed by atoms with Crippen LogP contribution >= 0.6 is 0 Å². The smallest absolute Gasteiger partial charge is 0.122 e. The molecule has 1 aromatic carbocycles. The molecule has 0 aliphatic heterocycles. The fraction of sp³-hybridized carbons (Fsp3) is 0.538. The van der Waals surface area contributed by atoms with E-state index in [9.17, 15) is 0 Å². The average molecular weight is 207 g/mol. The zero-order valence-corrected chi connectivity index (χ0v) is 9.99. The molecule has 1 rings (SSSR count). The summed E-state index contributed by atoms with van der Waals surface area (Å²) in [6.45, 7) is 4.03. The normalized spacial score (nSPS) is 10.7. The summed E-state index contributed by atoms with van der Waals surface area (Å²) in [5.41, 5.74) is 1.29. The van der Waals surface area contributed by atoms with Crippen molar-refractivity contribution < 1.29 is 4.74 Å². The zero-order valence-electron chi connectivity index (χ0n) is 9.99. The number of aryl methyl sites for hydroxylation is 1. The molecular weight excluding hydrogens is 186 g/mol. The van der Waals surface area contributed by atoms with E-state index in [2.05, 4.69) is 44.1 Å². The van der Waals surface area contributed by atoms with Crippen LogP contribution in [0.3, 0.4) is 0 Å². The van der Waals surface area contributed by atoms with Crippen molar-refractivity contribution in [2.75, 3.05) is 27.2 Å². The molecule has 0 fully saturated rings. The third-order valence-electron chi connectivity index (χ3n) is 2.36. The highest BCUT2D eigenvalue weighted by Gasteiger charge is 1.99. The minimum atomic E-state index is 0.801. The van der Waals surface area contributed by atoms with Gasteiger partial charge in [0.25, 0.3) is 0 Å². The molecule has 0 bridgehead atoms. The van der Waals surface area contributed by atoms with Gasteiger partial charge in [0, 0.05) is 6.54 Å². The fourth-order valence-electron chi connectivity index (χ4n) is 1.50. The first-order valence-electron chi connectivity index (χ1n) is 5.59. The van der Waals surface area contributed by atoms with Gasteiger partial charge in [-0.3, -0.25) is 0 Å². The summed E-state index contributed by atoms with van der Waals surface area (Å²) < 4.78 is 5.75. The highest BCUT2D eigenvalue weighted by molar-refractivity contribution is 5.33. The number of nitrogens with zero attached hydrogens (tertiary/aromatic N) is 1. The Hall–Kier alpha value is -1.02. The van der Waals surface area contributed by atoms with Crippen molar-refractivity contribution in [3.05, 3.63) is 29.8 Å². The van der Waals surface area contributed by atoms with Crippen molar-refractivity contribution in [1.82, 2.24) is 4.90 Å². The molecule has 0 spiro atoms. The molecule has 0 atom stereocenters. The van der Waals surface area contributed by atoms with E-state index in [0.29, 0.717) is 0 Å². The second-order valence-corrected chi connectivity index (χ2v) is 3.97. The summed E-state index contributed by atoms with van der Waals surface area (Å²) in [6, 6.07) is 8.27.